The zero-order valence-corrected chi connectivity index (χ0v) is 9.52. The molecule has 0 rings (SSSR count). The van der Waals surface area contributed by atoms with E-state index in [2.05, 4.69) is 6.92 Å². The Hall–Kier alpha value is -0.530. The van der Waals surface area contributed by atoms with Gasteiger partial charge in [0.25, 0.3) is 0 Å². The van der Waals surface area contributed by atoms with E-state index in [0.717, 1.165) is 12.8 Å². The second kappa shape index (κ2) is 5.25. The van der Waals surface area contributed by atoms with Gasteiger partial charge < -0.3 is 4.74 Å². The Morgan fingerprint density at radius 3 is 2.31 bits per heavy atom. The summed E-state index contributed by atoms with van der Waals surface area (Å²) in [5, 5.41) is 0. The summed E-state index contributed by atoms with van der Waals surface area (Å²) in [5.74, 6) is -0.0755. The van der Waals surface area contributed by atoms with E-state index in [9.17, 15) is 4.79 Å². The van der Waals surface area contributed by atoms with Gasteiger partial charge in [0.05, 0.1) is 12.5 Å². The third-order valence-electron chi connectivity index (χ3n) is 1.70. The van der Waals surface area contributed by atoms with Gasteiger partial charge in [0.2, 0.25) is 0 Å². The lowest BCUT2D eigenvalue weighted by Crippen LogP contribution is -2.20. The van der Waals surface area contributed by atoms with Gasteiger partial charge in [-0.3, -0.25) is 4.79 Å². The van der Waals surface area contributed by atoms with Crippen LogP contribution in [0.1, 0.15) is 53.9 Å². The van der Waals surface area contributed by atoms with Gasteiger partial charge in [0.15, 0.2) is 0 Å². The fourth-order valence-electron chi connectivity index (χ4n) is 1.16. The van der Waals surface area contributed by atoms with Gasteiger partial charge in [0.1, 0.15) is 0 Å². The quantitative estimate of drug-likeness (QED) is 0.630. The van der Waals surface area contributed by atoms with Crippen LogP contribution >= 0.6 is 0 Å². The minimum Gasteiger partial charge on any atom is -0.463 e. The second-order valence-electron chi connectivity index (χ2n) is 4.83. The van der Waals surface area contributed by atoms with E-state index in [1.54, 1.807) is 0 Å². The summed E-state index contributed by atoms with van der Waals surface area (Å²) in [6, 6.07) is 0. The SMILES string of the molecule is CCCC(C)OC(=O)CC(C)(C)C. The highest BCUT2D eigenvalue weighted by Gasteiger charge is 2.18. The fourth-order valence-corrected chi connectivity index (χ4v) is 1.16. The molecule has 0 aromatic heterocycles. The van der Waals surface area contributed by atoms with Gasteiger partial charge in [0, 0.05) is 0 Å². The third-order valence-corrected chi connectivity index (χ3v) is 1.70. The minimum atomic E-state index is -0.0755. The van der Waals surface area contributed by atoms with Crippen LogP contribution in [0.3, 0.4) is 0 Å². The van der Waals surface area contributed by atoms with E-state index in [1.165, 1.54) is 0 Å². The van der Waals surface area contributed by atoms with Crippen molar-refractivity contribution >= 4 is 5.97 Å². The lowest BCUT2D eigenvalue weighted by Gasteiger charge is -2.19. The van der Waals surface area contributed by atoms with E-state index in [-0.39, 0.29) is 17.5 Å². The van der Waals surface area contributed by atoms with Crippen molar-refractivity contribution < 1.29 is 9.53 Å². The molecule has 0 aromatic carbocycles. The summed E-state index contributed by atoms with van der Waals surface area (Å²) in [5.41, 5.74) is 0.0308. The summed E-state index contributed by atoms with van der Waals surface area (Å²) in [7, 11) is 0. The summed E-state index contributed by atoms with van der Waals surface area (Å²) >= 11 is 0. The minimum absolute atomic E-state index is 0.0308. The molecule has 2 nitrogen and oxygen atoms in total. The molecule has 2 heteroatoms. The van der Waals surface area contributed by atoms with E-state index in [1.807, 2.05) is 27.7 Å². The number of rotatable bonds is 4. The number of ether oxygens (including phenoxy) is 1. The lowest BCUT2D eigenvalue weighted by atomic mass is 9.92. The van der Waals surface area contributed by atoms with Crippen molar-refractivity contribution in [2.24, 2.45) is 5.41 Å². The van der Waals surface area contributed by atoms with Crippen molar-refractivity contribution in [3.63, 3.8) is 0 Å². The van der Waals surface area contributed by atoms with Crippen LogP contribution in [-0.2, 0) is 9.53 Å². The summed E-state index contributed by atoms with van der Waals surface area (Å²) in [4.78, 5) is 11.3. The van der Waals surface area contributed by atoms with E-state index >= 15 is 0 Å². The molecule has 0 aliphatic heterocycles. The second-order valence-corrected chi connectivity index (χ2v) is 4.83. The maximum absolute atomic E-state index is 11.3. The highest BCUT2D eigenvalue weighted by Crippen LogP contribution is 2.19. The molecule has 0 aliphatic rings. The maximum atomic E-state index is 11.3. The topological polar surface area (TPSA) is 26.3 Å². The van der Waals surface area contributed by atoms with Gasteiger partial charge in [-0.05, 0) is 18.8 Å². The van der Waals surface area contributed by atoms with Gasteiger partial charge in [-0.15, -0.1) is 0 Å². The highest BCUT2D eigenvalue weighted by atomic mass is 16.5. The molecular weight excluding hydrogens is 164 g/mol. The molecule has 0 N–H and O–H groups in total. The molecule has 1 unspecified atom stereocenters. The average Bonchev–Trinajstić information content (AvgIpc) is 1.81. The van der Waals surface area contributed by atoms with E-state index < -0.39 is 0 Å². The summed E-state index contributed by atoms with van der Waals surface area (Å²) in [6.45, 7) is 10.2. The molecule has 0 heterocycles. The number of hydrogen-bond acceptors (Lipinski definition) is 2. The van der Waals surface area contributed by atoms with Crippen molar-refractivity contribution in [3.05, 3.63) is 0 Å². The standard InChI is InChI=1S/C11H22O2/c1-6-7-9(2)13-10(12)8-11(3,4)5/h9H,6-8H2,1-5H3. The molecule has 13 heavy (non-hydrogen) atoms. The Morgan fingerprint density at radius 1 is 1.38 bits per heavy atom. The molecule has 0 saturated heterocycles. The van der Waals surface area contributed by atoms with Crippen LogP contribution in [0.15, 0.2) is 0 Å². The zero-order valence-electron chi connectivity index (χ0n) is 9.52. The van der Waals surface area contributed by atoms with Gasteiger partial charge >= 0.3 is 5.97 Å². The van der Waals surface area contributed by atoms with Crippen LogP contribution in [0.5, 0.6) is 0 Å². The van der Waals surface area contributed by atoms with Gasteiger partial charge in [-0.25, -0.2) is 0 Å². The van der Waals surface area contributed by atoms with Crippen molar-refractivity contribution in [1.29, 1.82) is 0 Å². The normalized spacial score (nSPS) is 13.9. The first-order valence-corrected chi connectivity index (χ1v) is 5.04. The highest BCUT2D eigenvalue weighted by molar-refractivity contribution is 5.70. The van der Waals surface area contributed by atoms with Crippen LogP contribution in [0, 0.1) is 5.41 Å². The molecule has 0 aromatic rings. The molecule has 0 amide bonds. The molecule has 0 aliphatic carbocycles. The Kier molecular flexibility index (Phi) is 5.04. The van der Waals surface area contributed by atoms with Crippen LogP contribution in [0.2, 0.25) is 0 Å². The van der Waals surface area contributed by atoms with Crippen LogP contribution < -0.4 is 0 Å². The van der Waals surface area contributed by atoms with Gasteiger partial charge in [-0.1, -0.05) is 34.1 Å². The maximum Gasteiger partial charge on any atom is 0.306 e. The lowest BCUT2D eigenvalue weighted by molar-refractivity contribution is -0.150. The molecule has 1 atom stereocenters. The van der Waals surface area contributed by atoms with Crippen LogP contribution in [0.25, 0.3) is 0 Å². The van der Waals surface area contributed by atoms with Gasteiger partial charge in [-0.2, -0.15) is 0 Å². The number of hydrogen-bond donors (Lipinski definition) is 0. The van der Waals surface area contributed by atoms with Crippen LogP contribution in [-0.4, -0.2) is 12.1 Å². The summed E-state index contributed by atoms with van der Waals surface area (Å²) < 4.78 is 5.23. The monoisotopic (exact) mass is 186 g/mol. The molecule has 0 saturated carbocycles. The number of carbonyl (C=O) groups excluding carboxylic acids is 1. The first-order valence-electron chi connectivity index (χ1n) is 5.04. The van der Waals surface area contributed by atoms with E-state index in [4.69, 9.17) is 4.74 Å². The largest absolute Gasteiger partial charge is 0.463 e. The van der Waals surface area contributed by atoms with Crippen molar-refractivity contribution in [3.8, 4) is 0 Å². The van der Waals surface area contributed by atoms with Crippen molar-refractivity contribution in [1.82, 2.24) is 0 Å². The number of esters is 1. The fraction of sp³-hybridized carbons (Fsp3) is 0.909. The Bertz CT molecular complexity index is 156. The van der Waals surface area contributed by atoms with Crippen molar-refractivity contribution in [2.45, 2.75) is 60.0 Å². The van der Waals surface area contributed by atoms with Crippen LogP contribution in [0.4, 0.5) is 0 Å². The van der Waals surface area contributed by atoms with E-state index in [0.29, 0.717) is 6.42 Å². The Balaban J connectivity index is 3.74. The first-order chi connectivity index (χ1) is 5.85. The third kappa shape index (κ3) is 7.82. The first kappa shape index (κ1) is 12.5. The molecule has 78 valence electrons. The molecular formula is C11H22O2. The molecule has 0 fully saturated rings. The molecule has 0 radical (unpaired) electrons. The molecule has 0 spiro atoms. The Morgan fingerprint density at radius 2 is 1.92 bits per heavy atom. The number of carbonyl (C=O) groups is 1. The average molecular weight is 186 g/mol. The molecule has 0 bridgehead atoms. The Labute approximate surface area is 81.7 Å². The summed E-state index contributed by atoms with van der Waals surface area (Å²) in [6.07, 6.45) is 2.58. The van der Waals surface area contributed by atoms with Crippen molar-refractivity contribution in [2.75, 3.05) is 0 Å². The predicted octanol–water partition coefficient (Wildman–Crippen LogP) is 3.15. The smallest absolute Gasteiger partial charge is 0.306 e. The predicted molar refractivity (Wildman–Crippen MR) is 54.5 cm³/mol. The zero-order chi connectivity index (χ0) is 10.5.